The highest BCUT2D eigenvalue weighted by Crippen LogP contribution is 2.26. The second-order valence-corrected chi connectivity index (χ2v) is 3.44. The zero-order valence-corrected chi connectivity index (χ0v) is 8.01. The minimum Gasteiger partial charge on any atom is -0.397 e. The molecule has 0 atom stereocenters. The van der Waals surface area contributed by atoms with Gasteiger partial charge in [-0.3, -0.25) is 9.97 Å². The number of nitrogens with two attached hydrogens (primary N) is 1. The van der Waals surface area contributed by atoms with Crippen LogP contribution in [0, 0.1) is 0 Å². The maximum atomic E-state index is 5.92. The van der Waals surface area contributed by atoms with Gasteiger partial charge in [0.2, 0.25) is 0 Å². The molecule has 0 fully saturated rings. The van der Waals surface area contributed by atoms with E-state index in [2.05, 4.69) is 9.97 Å². The summed E-state index contributed by atoms with van der Waals surface area (Å²) in [5.41, 5.74) is 8.36. The van der Waals surface area contributed by atoms with Crippen molar-refractivity contribution < 1.29 is 0 Å². The van der Waals surface area contributed by atoms with E-state index >= 15 is 0 Å². The van der Waals surface area contributed by atoms with Crippen LogP contribution in [0.15, 0.2) is 42.7 Å². The van der Waals surface area contributed by atoms with Gasteiger partial charge in [0, 0.05) is 23.2 Å². The van der Waals surface area contributed by atoms with Crippen LogP contribution in [0.5, 0.6) is 0 Å². The summed E-state index contributed by atoms with van der Waals surface area (Å²) in [6.45, 7) is 0. The van der Waals surface area contributed by atoms with E-state index in [4.69, 9.17) is 5.73 Å². The Bertz CT molecular complexity index is 646. The molecule has 0 saturated heterocycles. The molecule has 0 spiro atoms. The zero-order chi connectivity index (χ0) is 10.3. The number of hydrogen-bond donors (Lipinski definition) is 1. The van der Waals surface area contributed by atoms with Gasteiger partial charge < -0.3 is 5.73 Å². The van der Waals surface area contributed by atoms with Crippen molar-refractivity contribution in [2.45, 2.75) is 0 Å². The van der Waals surface area contributed by atoms with Gasteiger partial charge in [-0.2, -0.15) is 0 Å². The van der Waals surface area contributed by atoms with Gasteiger partial charge in [-0.05, 0) is 18.2 Å². The SMILES string of the molecule is Nc1cc2ncccc2c2cccnc12. The number of pyridine rings is 2. The van der Waals surface area contributed by atoms with E-state index in [1.54, 1.807) is 12.4 Å². The number of hydrogen-bond acceptors (Lipinski definition) is 3. The smallest absolute Gasteiger partial charge is 0.0938 e. The van der Waals surface area contributed by atoms with Gasteiger partial charge in [0.1, 0.15) is 0 Å². The van der Waals surface area contributed by atoms with Gasteiger partial charge in [0.05, 0.1) is 16.7 Å². The average molecular weight is 195 g/mol. The third kappa shape index (κ3) is 1.13. The number of anilines is 1. The highest BCUT2D eigenvalue weighted by Gasteiger charge is 2.04. The van der Waals surface area contributed by atoms with E-state index in [0.717, 1.165) is 21.8 Å². The molecule has 0 aliphatic rings. The molecule has 0 aliphatic heterocycles. The van der Waals surface area contributed by atoms with Gasteiger partial charge in [0.25, 0.3) is 0 Å². The molecule has 3 rings (SSSR count). The number of benzene rings is 1. The Balaban J connectivity index is 2.64. The van der Waals surface area contributed by atoms with Crippen molar-refractivity contribution in [3.8, 4) is 0 Å². The molecule has 0 radical (unpaired) electrons. The Labute approximate surface area is 86.6 Å². The van der Waals surface area contributed by atoms with Crippen molar-refractivity contribution in [2.75, 3.05) is 5.73 Å². The van der Waals surface area contributed by atoms with Crippen molar-refractivity contribution in [1.82, 2.24) is 9.97 Å². The molecule has 3 nitrogen and oxygen atoms in total. The summed E-state index contributed by atoms with van der Waals surface area (Å²) in [6, 6.07) is 9.75. The summed E-state index contributed by atoms with van der Waals surface area (Å²) < 4.78 is 0. The lowest BCUT2D eigenvalue weighted by molar-refractivity contribution is 1.39. The van der Waals surface area contributed by atoms with Crippen LogP contribution >= 0.6 is 0 Å². The Kier molecular flexibility index (Phi) is 1.59. The first kappa shape index (κ1) is 8.17. The average Bonchev–Trinajstić information content (AvgIpc) is 2.30. The Hall–Kier alpha value is -2.16. The number of aromatic nitrogens is 2. The van der Waals surface area contributed by atoms with Crippen LogP contribution in [0.1, 0.15) is 0 Å². The van der Waals surface area contributed by atoms with Crippen molar-refractivity contribution in [3.63, 3.8) is 0 Å². The topological polar surface area (TPSA) is 51.8 Å². The Morgan fingerprint density at radius 2 is 1.67 bits per heavy atom. The largest absolute Gasteiger partial charge is 0.397 e. The van der Waals surface area contributed by atoms with Crippen LogP contribution in [0.2, 0.25) is 0 Å². The minimum absolute atomic E-state index is 0.678. The van der Waals surface area contributed by atoms with E-state index < -0.39 is 0 Å². The number of nitrogens with zero attached hydrogens (tertiary/aromatic N) is 2. The van der Waals surface area contributed by atoms with E-state index in [0.29, 0.717) is 5.69 Å². The third-order valence-corrected chi connectivity index (χ3v) is 2.50. The molecular formula is C12H9N3. The molecule has 0 saturated carbocycles. The second kappa shape index (κ2) is 2.92. The first-order valence-electron chi connectivity index (χ1n) is 4.74. The first-order chi connectivity index (χ1) is 7.36. The van der Waals surface area contributed by atoms with Crippen LogP contribution < -0.4 is 5.73 Å². The van der Waals surface area contributed by atoms with Gasteiger partial charge >= 0.3 is 0 Å². The van der Waals surface area contributed by atoms with Gasteiger partial charge in [-0.1, -0.05) is 12.1 Å². The Morgan fingerprint density at radius 1 is 0.933 bits per heavy atom. The van der Waals surface area contributed by atoms with Crippen LogP contribution in [0.3, 0.4) is 0 Å². The first-order valence-corrected chi connectivity index (χ1v) is 4.74. The predicted octanol–water partition coefficient (Wildman–Crippen LogP) is 2.37. The fourth-order valence-corrected chi connectivity index (χ4v) is 1.83. The van der Waals surface area contributed by atoms with Gasteiger partial charge in [-0.25, -0.2) is 0 Å². The molecule has 0 aliphatic carbocycles. The van der Waals surface area contributed by atoms with Gasteiger partial charge in [-0.15, -0.1) is 0 Å². The monoisotopic (exact) mass is 195 g/mol. The lowest BCUT2D eigenvalue weighted by atomic mass is 10.1. The summed E-state index contributed by atoms with van der Waals surface area (Å²) >= 11 is 0. The fourth-order valence-electron chi connectivity index (χ4n) is 1.83. The quantitative estimate of drug-likeness (QED) is 0.442. The van der Waals surface area contributed by atoms with E-state index in [-0.39, 0.29) is 0 Å². The lowest BCUT2D eigenvalue weighted by Gasteiger charge is -2.04. The molecule has 72 valence electrons. The molecule has 0 unspecified atom stereocenters. The molecule has 2 heterocycles. The van der Waals surface area contributed by atoms with Crippen LogP contribution in [0.25, 0.3) is 21.8 Å². The van der Waals surface area contributed by atoms with Crippen LogP contribution in [-0.4, -0.2) is 9.97 Å². The standard InChI is InChI=1S/C12H9N3/c13-10-7-11-8(3-1-5-14-11)9-4-2-6-15-12(9)10/h1-7H,13H2. The zero-order valence-electron chi connectivity index (χ0n) is 8.01. The summed E-state index contributed by atoms with van der Waals surface area (Å²) in [6.07, 6.45) is 3.52. The lowest BCUT2D eigenvalue weighted by Crippen LogP contribution is -1.91. The molecule has 2 aromatic heterocycles. The van der Waals surface area contributed by atoms with Crippen molar-refractivity contribution in [3.05, 3.63) is 42.7 Å². The minimum atomic E-state index is 0.678. The summed E-state index contributed by atoms with van der Waals surface area (Å²) in [4.78, 5) is 8.56. The number of fused-ring (bicyclic) bond motifs is 3. The molecule has 1 aromatic carbocycles. The molecule has 15 heavy (non-hydrogen) atoms. The summed E-state index contributed by atoms with van der Waals surface area (Å²) in [7, 11) is 0. The fraction of sp³-hybridized carbons (Fsp3) is 0. The van der Waals surface area contributed by atoms with Crippen molar-refractivity contribution in [2.24, 2.45) is 0 Å². The maximum Gasteiger partial charge on any atom is 0.0938 e. The molecule has 3 heteroatoms. The molecular weight excluding hydrogens is 186 g/mol. The van der Waals surface area contributed by atoms with E-state index in [9.17, 15) is 0 Å². The summed E-state index contributed by atoms with van der Waals surface area (Å²) in [5, 5.41) is 2.15. The third-order valence-electron chi connectivity index (χ3n) is 2.50. The maximum absolute atomic E-state index is 5.92. The normalized spacial score (nSPS) is 10.9. The highest BCUT2D eigenvalue weighted by molar-refractivity contribution is 6.09. The molecule has 2 N–H and O–H groups in total. The second-order valence-electron chi connectivity index (χ2n) is 3.44. The van der Waals surface area contributed by atoms with Crippen molar-refractivity contribution in [1.29, 1.82) is 0 Å². The van der Waals surface area contributed by atoms with Crippen LogP contribution in [-0.2, 0) is 0 Å². The molecule has 0 amide bonds. The molecule has 0 bridgehead atoms. The van der Waals surface area contributed by atoms with Crippen molar-refractivity contribution >= 4 is 27.5 Å². The van der Waals surface area contributed by atoms with Crippen LogP contribution in [0.4, 0.5) is 5.69 Å². The number of rotatable bonds is 0. The van der Waals surface area contributed by atoms with Gasteiger partial charge in [0.15, 0.2) is 0 Å². The Morgan fingerprint density at radius 3 is 2.53 bits per heavy atom. The molecule has 3 aromatic rings. The summed E-state index contributed by atoms with van der Waals surface area (Å²) in [5.74, 6) is 0. The predicted molar refractivity (Wildman–Crippen MR) is 61.5 cm³/mol. The number of nitrogen functional groups attached to an aromatic ring is 1. The van der Waals surface area contributed by atoms with E-state index in [1.807, 2.05) is 30.3 Å². The highest BCUT2D eigenvalue weighted by atomic mass is 14.7. The van der Waals surface area contributed by atoms with E-state index in [1.165, 1.54) is 0 Å².